The number of fused-ring (bicyclic) bond motifs is 5. The van der Waals surface area contributed by atoms with Crippen LogP contribution in [0.2, 0.25) is 0 Å². The van der Waals surface area contributed by atoms with Crippen molar-refractivity contribution in [2.24, 2.45) is 46.3 Å². The summed E-state index contributed by atoms with van der Waals surface area (Å²) in [6.07, 6.45) is 17.4. The minimum absolute atomic E-state index is 0.140. The molecule has 0 saturated heterocycles. The fourth-order valence-electron chi connectivity index (χ4n) is 9.34. The quantitative estimate of drug-likeness (QED) is 0.193. The Labute approximate surface area is 228 Å². The molecule has 4 rings (SSSR count). The highest BCUT2D eigenvalue weighted by Crippen LogP contribution is 2.68. The summed E-state index contributed by atoms with van der Waals surface area (Å²) in [4.78, 5) is 0. The van der Waals surface area contributed by atoms with E-state index >= 15 is 0 Å². The Morgan fingerprint density at radius 3 is 2.36 bits per heavy atom. The lowest BCUT2D eigenvalue weighted by molar-refractivity contribution is -0.0568. The van der Waals surface area contributed by atoms with Gasteiger partial charge < -0.3 is 13.6 Å². The lowest BCUT2D eigenvalue weighted by Gasteiger charge is -2.58. The van der Waals surface area contributed by atoms with Crippen LogP contribution in [0.4, 0.5) is 0 Å². The van der Waals surface area contributed by atoms with Gasteiger partial charge >= 0.3 is 6.72 Å². The fraction of sp³-hybridized carbons (Fsp3) is 0.935. The lowest BCUT2D eigenvalue weighted by Crippen LogP contribution is -2.51. The zero-order chi connectivity index (χ0) is 26.1. The normalized spacial score (nSPS) is 39.3. The summed E-state index contributed by atoms with van der Waals surface area (Å²) in [5.74, 6) is 5.28. The Morgan fingerprint density at radius 1 is 0.972 bits per heavy atom. The zero-order valence-electron chi connectivity index (χ0n) is 24.4. The summed E-state index contributed by atoms with van der Waals surface area (Å²) in [6, 6.07) is 0. The topological polar surface area (TPSA) is 27.7 Å². The van der Waals surface area contributed by atoms with Crippen LogP contribution in [-0.2, 0) is 25.4 Å². The van der Waals surface area contributed by atoms with Crippen LogP contribution in [0.5, 0.6) is 0 Å². The van der Waals surface area contributed by atoms with Gasteiger partial charge in [-0.2, -0.15) is 0 Å². The van der Waals surface area contributed by atoms with Crippen LogP contribution >= 0.6 is 6.72 Å². The van der Waals surface area contributed by atoms with Crippen molar-refractivity contribution in [3.8, 4) is 0 Å². The van der Waals surface area contributed by atoms with Gasteiger partial charge in [0.2, 0.25) is 0 Å². The maximum atomic E-state index is 6.40. The van der Waals surface area contributed by atoms with Crippen LogP contribution in [0.1, 0.15) is 119 Å². The molecule has 0 heterocycles. The van der Waals surface area contributed by atoms with E-state index in [1.807, 2.05) is 13.8 Å². The van der Waals surface area contributed by atoms with Gasteiger partial charge in [-0.15, -0.1) is 0 Å². The van der Waals surface area contributed by atoms with Gasteiger partial charge in [0.05, 0.1) is 19.3 Å². The first-order valence-corrected chi connectivity index (χ1v) is 17.9. The minimum Gasteiger partial charge on any atom is -0.309 e. The SMILES string of the molecule is CCOP(=S)(OCC)O[C@H]1CC[C@@]2(C)C(=CC[C@H]3[C@@H]4CC[C@H]([C@H](C)CCCC(C)C)[C@@]4(C)CC[C@@H]32)C1. The highest BCUT2D eigenvalue weighted by atomic mass is 32.5. The van der Waals surface area contributed by atoms with Gasteiger partial charge in [0.1, 0.15) is 0 Å². The van der Waals surface area contributed by atoms with E-state index in [1.54, 1.807) is 5.57 Å². The maximum absolute atomic E-state index is 6.40. The number of allylic oxidation sites excluding steroid dienone is 1. The molecule has 3 nitrogen and oxygen atoms in total. The Morgan fingerprint density at radius 2 is 1.69 bits per heavy atom. The standard InChI is InChI=1S/C31H55O3PS/c1-8-32-35(36,33-9-2)34-25-17-19-30(6)24(21-25)13-14-26-28-16-15-27(23(5)12-10-11-22(3)4)31(28,7)20-18-29(26)30/h13,22-23,25-29H,8-12,14-21H2,1-7H3/t23-,25+,26+,27-,28+,29+,30+,31-/m1/s1. The van der Waals surface area contributed by atoms with E-state index < -0.39 is 6.72 Å². The molecular formula is C31H55O3PS. The minimum atomic E-state index is -2.63. The van der Waals surface area contributed by atoms with Gasteiger partial charge in [-0.25, -0.2) is 0 Å². The molecule has 5 heteroatoms. The molecular weight excluding hydrogens is 483 g/mol. The van der Waals surface area contributed by atoms with Crippen molar-refractivity contribution >= 4 is 18.5 Å². The summed E-state index contributed by atoms with van der Waals surface area (Å²) >= 11 is 5.71. The average molecular weight is 539 g/mol. The third kappa shape index (κ3) is 5.74. The fourth-order valence-corrected chi connectivity index (χ4v) is 11.7. The molecule has 0 radical (unpaired) electrons. The van der Waals surface area contributed by atoms with Crippen LogP contribution < -0.4 is 0 Å². The molecule has 0 spiro atoms. The van der Waals surface area contributed by atoms with Crippen molar-refractivity contribution in [1.82, 2.24) is 0 Å². The Bertz CT molecular complexity index is 817. The van der Waals surface area contributed by atoms with Crippen molar-refractivity contribution in [2.45, 2.75) is 125 Å². The summed E-state index contributed by atoms with van der Waals surface area (Å²) < 4.78 is 18.0. The van der Waals surface area contributed by atoms with Gasteiger partial charge in [-0.05, 0) is 123 Å². The summed E-state index contributed by atoms with van der Waals surface area (Å²) in [5.41, 5.74) is 2.54. The highest BCUT2D eigenvalue weighted by Gasteiger charge is 2.59. The smallest absolute Gasteiger partial charge is 0.309 e. The van der Waals surface area contributed by atoms with Crippen LogP contribution in [0.3, 0.4) is 0 Å². The molecule has 0 unspecified atom stereocenters. The van der Waals surface area contributed by atoms with Crippen LogP contribution in [0.15, 0.2) is 11.6 Å². The van der Waals surface area contributed by atoms with Gasteiger partial charge in [0, 0.05) is 0 Å². The number of hydrogen-bond donors (Lipinski definition) is 0. The molecule has 0 aliphatic heterocycles. The van der Waals surface area contributed by atoms with Crippen molar-refractivity contribution < 1.29 is 13.6 Å². The molecule has 208 valence electrons. The van der Waals surface area contributed by atoms with E-state index in [2.05, 4.69) is 40.7 Å². The second-order valence-corrected chi connectivity index (χ2v) is 16.5. The molecule has 8 atom stereocenters. The van der Waals surface area contributed by atoms with Crippen LogP contribution in [-0.4, -0.2) is 19.3 Å². The summed E-state index contributed by atoms with van der Waals surface area (Å²) in [7, 11) is 0. The lowest BCUT2D eigenvalue weighted by atomic mass is 9.47. The predicted molar refractivity (Wildman–Crippen MR) is 155 cm³/mol. The van der Waals surface area contributed by atoms with Gasteiger partial charge in [-0.1, -0.05) is 65.5 Å². The molecule has 0 bridgehead atoms. The molecule has 0 aromatic rings. The van der Waals surface area contributed by atoms with Gasteiger partial charge in [-0.3, -0.25) is 0 Å². The van der Waals surface area contributed by atoms with E-state index in [0.717, 1.165) is 48.3 Å². The Hall–Kier alpha value is 0.270. The predicted octanol–water partition coefficient (Wildman–Crippen LogP) is 9.71. The summed E-state index contributed by atoms with van der Waals surface area (Å²) in [6.45, 7) is 15.0. The first-order chi connectivity index (χ1) is 17.1. The maximum Gasteiger partial charge on any atom is 0.327 e. The average Bonchev–Trinajstić information content (AvgIpc) is 3.16. The molecule has 0 N–H and O–H groups in total. The van der Waals surface area contributed by atoms with Crippen molar-refractivity contribution in [3.05, 3.63) is 11.6 Å². The Balaban J connectivity index is 1.44. The van der Waals surface area contributed by atoms with E-state index in [-0.39, 0.29) is 6.10 Å². The van der Waals surface area contributed by atoms with Crippen molar-refractivity contribution in [2.75, 3.05) is 13.2 Å². The molecule has 0 aromatic heterocycles. The van der Waals surface area contributed by atoms with E-state index in [0.29, 0.717) is 24.0 Å². The molecule has 4 aliphatic rings. The highest BCUT2D eigenvalue weighted by molar-refractivity contribution is 8.07. The van der Waals surface area contributed by atoms with E-state index in [4.69, 9.17) is 25.4 Å². The number of rotatable bonds is 11. The first kappa shape index (κ1) is 29.3. The monoisotopic (exact) mass is 538 g/mol. The van der Waals surface area contributed by atoms with Crippen LogP contribution in [0.25, 0.3) is 0 Å². The van der Waals surface area contributed by atoms with E-state index in [9.17, 15) is 0 Å². The van der Waals surface area contributed by atoms with Crippen molar-refractivity contribution in [3.63, 3.8) is 0 Å². The second-order valence-electron chi connectivity index (χ2n) is 13.5. The molecule has 0 aromatic carbocycles. The number of hydrogen-bond acceptors (Lipinski definition) is 4. The van der Waals surface area contributed by atoms with Crippen LogP contribution in [0, 0.1) is 46.3 Å². The molecule has 3 fully saturated rings. The van der Waals surface area contributed by atoms with Gasteiger partial charge in [0.25, 0.3) is 0 Å². The first-order valence-electron chi connectivity index (χ1n) is 15.3. The molecule has 0 amide bonds. The van der Waals surface area contributed by atoms with E-state index in [1.165, 1.54) is 57.8 Å². The molecule has 3 saturated carbocycles. The zero-order valence-corrected chi connectivity index (χ0v) is 26.1. The second kappa shape index (κ2) is 11.8. The largest absolute Gasteiger partial charge is 0.327 e. The van der Waals surface area contributed by atoms with Crippen molar-refractivity contribution in [1.29, 1.82) is 0 Å². The molecule has 36 heavy (non-hydrogen) atoms. The third-order valence-corrected chi connectivity index (χ3v) is 13.7. The molecule has 4 aliphatic carbocycles. The third-order valence-electron chi connectivity index (χ3n) is 11.1. The Kier molecular flexibility index (Phi) is 9.58. The van der Waals surface area contributed by atoms with Gasteiger partial charge in [0.15, 0.2) is 0 Å². The summed E-state index contributed by atoms with van der Waals surface area (Å²) in [5, 5.41) is 0.